The molecule has 1 aromatic heterocycles. The van der Waals surface area contributed by atoms with E-state index in [4.69, 9.17) is 4.74 Å². The first-order valence-corrected chi connectivity index (χ1v) is 5.50. The van der Waals surface area contributed by atoms with Crippen LogP contribution in [0.3, 0.4) is 0 Å². The molecule has 0 aliphatic rings. The molecule has 5 nitrogen and oxygen atoms in total. The van der Waals surface area contributed by atoms with Crippen LogP contribution in [0.4, 0.5) is 5.69 Å². The lowest BCUT2D eigenvalue weighted by atomic mass is 10.2. The van der Waals surface area contributed by atoms with Gasteiger partial charge in [-0.25, -0.2) is 4.98 Å². The Kier molecular flexibility index (Phi) is 3.27. The van der Waals surface area contributed by atoms with Gasteiger partial charge in [0, 0.05) is 12.7 Å². The highest BCUT2D eigenvalue weighted by Gasteiger charge is 2.08. The summed E-state index contributed by atoms with van der Waals surface area (Å²) in [6.45, 7) is 2.45. The molecule has 90 valence electrons. The third kappa shape index (κ3) is 2.55. The topological polar surface area (TPSA) is 58.2 Å². The summed E-state index contributed by atoms with van der Waals surface area (Å²) in [6.07, 6.45) is 1.65. The number of aromatic nitrogens is 2. The second-order valence-corrected chi connectivity index (χ2v) is 3.77. The first kappa shape index (κ1) is 11.4. The molecule has 2 aromatic rings. The van der Waals surface area contributed by atoms with Gasteiger partial charge in [-0.05, 0) is 25.1 Å². The van der Waals surface area contributed by atoms with Crippen molar-refractivity contribution in [3.63, 3.8) is 0 Å². The molecule has 1 aromatic carbocycles. The lowest BCUT2D eigenvalue weighted by molar-refractivity contribution is -0.141. The average Bonchev–Trinajstić information content (AvgIpc) is 2.75. The molecule has 0 unspecified atom stereocenters. The largest absolute Gasteiger partial charge is 0.465 e. The standard InChI is InChI=1S/C12H15N3O2/c1-3-17-12(16)7-15(2)9-4-5-10-11(6-9)14-8-13-10/h4-6,8H,3,7H2,1-2H3,(H,13,14). The van der Waals surface area contributed by atoms with E-state index in [1.165, 1.54) is 0 Å². The van der Waals surface area contributed by atoms with E-state index in [-0.39, 0.29) is 12.5 Å². The zero-order chi connectivity index (χ0) is 12.3. The van der Waals surface area contributed by atoms with Crippen molar-refractivity contribution < 1.29 is 9.53 Å². The first-order chi connectivity index (χ1) is 8.20. The van der Waals surface area contributed by atoms with E-state index in [0.717, 1.165) is 16.7 Å². The highest BCUT2D eigenvalue weighted by molar-refractivity contribution is 5.81. The number of H-pyrrole nitrogens is 1. The minimum Gasteiger partial charge on any atom is -0.465 e. The third-order valence-corrected chi connectivity index (χ3v) is 2.52. The normalized spacial score (nSPS) is 10.5. The van der Waals surface area contributed by atoms with Crippen molar-refractivity contribution in [2.45, 2.75) is 6.92 Å². The Morgan fingerprint density at radius 1 is 1.53 bits per heavy atom. The number of rotatable bonds is 4. The Hall–Kier alpha value is -2.04. The lowest BCUT2D eigenvalue weighted by Crippen LogP contribution is -2.27. The second-order valence-electron chi connectivity index (χ2n) is 3.77. The highest BCUT2D eigenvalue weighted by Crippen LogP contribution is 2.18. The van der Waals surface area contributed by atoms with Gasteiger partial charge in [0.25, 0.3) is 0 Å². The van der Waals surface area contributed by atoms with Crippen molar-refractivity contribution in [2.75, 3.05) is 25.1 Å². The monoisotopic (exact) mass is 233 g/mol. The number of nitrogens with one attached hydrogen (secondary N) is 1. The van der Waals surface area contributed by atoms with E-state index < -0.39 is 0 Å². The molecule has 0 aliphatic carbocycles. The number of anilines is 1. The number of imidazole rings is 1. The highest BCUT2D eigenvalue weighted by atomic mass is 16.5. The molecule has 0 radical (unpaired) electrons. The van der Waals surface area contributed by atoms with Gasteiger partial charge < -0.3 is 14.6 Å². The SMILES string of the molecule is CCOC(=O)CN(C)c1ccc2nc[nH]c2c1. The average molecular weight is 233 g/mol. The van der Waals surface area contributed by atoms with Crippen LogP contribution in [0.1, 0.15) is 6.92 Å². The number of hydrogen-bond acceptors (Lipinski definition) is 4. The zero-order valence-electron chi connectivity index (χ0n) is 9.93. The van der Waals surface area contributed by atoms with Gasteiger partial charge in [-0.1, -0.05) is 0 Å². The molecular weight excluding hydrogens is 218 g/mol. The fourth-order valence-electron chi connectivity index (χ4n) is 1.65. The number of likely N-dealkylation sites (N-methyl/N-ethyl adjacent to an activating group) is 1. The molecule has 0 saturated carbocycles. The minimum atomic E-state index is -0.222. The summed E-state index contributed by atoms with van der Waals surface area (Å²) < 4.78 is 4.91. The molecular formula is C12H15N3O2. The quantitative estimate of drug-likeness (QED) is 0.814. The summed E-state index contributed by atoms with van der Waals surface area (Å²) in [5.74, 6) is -0.222. The summed E-state index contributed by atoms with van der Waals surface area (Å²) in [7, 11) is 1.86. The smallest absolute Gasteiger partial charge is 0.325 e. The number of hydrogen-bond donors (Lipinski definition) is 1. The van der Waals surface area contributed by atoms with Crippen LogP contribution in [0, 0.1) is 0 Å². The van der Waals surface area contributed by atoms with Crippen LogP contribution >= 0.6 is 0 Å². The van der Waals surface area contributed by atoms with Crippen LogP contribution in [0.2, 0.25) is 0 Å². The zero-order valence-corrected chi connectivity index (χ0v) is 9.93. The molecule has 1 N–H and O–H groups in total. The Balaban J connectivity index is 2.12. The van der Waals surface area contributed by atoms with Crippen molar-refractivity contribution in [3.8, 4) is 0 Å². The van der Waals surface area contributed by atoms with Crippen molar-refractivity contribution >= 4 is 22.7 Å². The maximum Gasteiger partial charge on any atom is 0.325 e. The molecule has 0 spiro atoms. The van der Waals surface area contributed by atoms with Gasteiger partial charge in [0.15, 0.2) is 0 Å². The Morgan fingerprint density at radius 2 is 2.35 bits per heavy atom. The van der Waals surface area contributed by atoms with Crippen molar-refractivity contribution in [1.82, 2.24) is 9.97 Å². The number of esters is 1. The van der Waals surface area contributed by atoms with Crippen LogP contribution in [-0.2, 0) is 9.53 Å². The molecule has 0 aliphatic heterocycles. The summed E-state index contributed by atoms with van der Waals surface area (Å²) >= 11 is 0. The van der Waals surface area contributed by atoms with Gasteiger partial charge in [0.05, 0.1) is 24.0 Å². The van der Waals surface area contributed by atoms with Crippen LogP contribution in [0.25, 0.3) is 11.0 Å². The predicted molar refractivity (Wildman–Crippen MR) is 66.0 cm³/mol. The lowest BCUT2D eigenvalue weighted by Gasteiger charge is -2.17. The fourth-order valence-corrected chi connectivity index (χ4v) is 1.65. The molecule has 0 bridgehead atoms. The van der Waals surface area contributed by atoms with E-state index in [1.807, 2.05) is 30.1 Å². The number of carbonyl (C=O) groups excluding carboxylic acids is 1. The van der Waals surface area contributed by atoms with Gasteiger partial charge in [0.1, 0.15) is 6.54 Å². The van der Waals surface area contributed by atoms with Gasteiger partial charge in [0.2, 0.25) is 0 Å². The minimum absolute atomic E-state index is 0.222. The fraction of sp³-hybridized carbons (Fsp3) is 0.333. The van der Waals surface area contributed by atoms with E-state index in [1.54, 1.807) is 13.3 Å². The van der Waals surface area contributed by atoms with Crippen LogP contribution < -0.4 is 4.90 Å². The predicted octanol–water partition coefficient (Wildman–Crippen LogP) is 1.56. The molecule has 0 fully saturated rings. The Morgan fingerprint density at radius 3 is 3.12 bits per heavy atom. The van der Waals surface area contributed by atoms with E-state index in [0.29, 0.717) is 6.61 Å². The van der Waals surface area contributed by atoms with Gasteiger partial charge >= 0.3 is 5.97 Å². The van der Waals surface area contributed by atoms with Gasteiger partial charge in [-0.15, -0.1) is 0 Å². The molecule has 0 saturated heterocycles. The maximum absolute atomic E-state index is 11.4. The number of benzene rings is 1. The van der Waals surface area contributed by atoms with Crippen LogP contribution in [-0.4, -0.2) is 36.1 Å². The Bertz CT molecular complexity index is 521. The summed E-state index contributed by atoms with van der Waals surface area (Å²) in [4.78, 5) is 20.4. The van der Waals surface area contributed by atoms with Crippen molar-refractivity contribution in [1.29, 1.82) is 0 Å². The Labute approximate surface area is 99.4 Å². The van der Waals surface area contributed by atoms with Gasteiger partial charge in [-0.2, -0.15) is 0 Å². The van der Waals surface area contributed by atoms with E-state index in [2.05, 4.69) is 9.97 Å². The van der Waals surface area contributed by atoms with Crippen LogP contribution in [0.15, 0.2) is 24.5 Å². The maximum atomic E-state index is 11.4. The number of nitrogens with zero attached hydrogens (tertiary/aromatic N) is 2. The van der Waals surface area contributed by atoms with Crippen molar-refractivity contribution in [3.05, 3.63) is 24.5 Å². The second kappa shape index (κ2) is 4.86. The van der Waals surface area contributed by atoms with E-state index in [9.17, 15) is 4.79 Å². The number of ether oxygens (including phenoxy) is 1. The molecule has 0 amide bonds. The number of fused-ring (bicyclic) bond motifs is 1. The van der Waals surface area contributed by atoms with Gasteiger partial charge in [-0.3, -0.25) is 4.79 Å². The van der Waals surface area contributed by atoms with Crippen LogP contribution in [0.5, 0.6) is 0 Å². The first-order valence-electron chi connectivity index (χ1n) is 5.50. The summed E-state index contributed by atoms with van der Waals surface area (Å²) in [5, 5.41) is 0. The number of aromatic amines is 1. The van der Waals surface area contributed by atoms with E-state index >= 15 is 0 Å². The summed E-state index contributed by atoms with van der Waals surface area (Å²) in [6, 6.07) is 5.81. The van der Waals surface area contributed by atoms with Crippen molar-refractivity contribution in [2.24, 2.45) is 0 Å². The third-order valence-electron chi connectivity index (χ3n) is 2.52. The molecule has 2 rings (SSSR count). The number of carbonyl (C=O) groups is 1. The molecule has 1 heterocycles. The molecule has 5 heteroatoms. The molecule has 17 heavy (non-hydrogen) atoms. The molecule has 0 atom stereocenters. The summed E-state index contributed by atoms with van der Waals surface area (Å²) in [5.41, 5.74) is 2.83.